The second kappa shape index (κ2) is 5.16. The van der Waals surface area contributed by atoms with E-state index in [9.17, 15) is 4.79 Å². The second-order valence-corrected chi connectivity index (χ2v) is 3.75. The highest BCUT2D eigenvalue weighted by Gasteiger charge is 2.07. The Bertz CT molecular complexity index is 341. The zero-order valence-corrected chi connectivity index (χ0v) is 9.52. The molecule has 0 aliphatic rings. The minimum atomic E-state index is -0.959. The molecule has 0 aliphatic heterocycles. The van der Waals surface area contributed by atoms with Crippen LogP contribution in [-0.4, -0.2) is 24.2 Å². The van der Waals surface area contributed by atoms with Gasteiger partial charge in [-0.25, -0.2) is 4.79 Å². The van der Waals surface area contributed by atoms with Gasteiger partial charge in [0.2, 0.25) is 0 Å². The van der Waals surface area contributed by atoms with E-state index in [-0.39, 0.29) is 5.56 Å². The molecule has 0 fully saturated rings. The molecule has 0 unspecified atom stereocenters. The first-order chi connectivity index (χ1) is 6.65. The van der Waals surface area contributed by atoms with Crippen LogP contribution in [0.4, 0.5) is 0 Å². The molecule has 14 heavy (non-hydrogen) atoms. The molecule has 0 bridgehead atoms. The number of carboxylic acid groups (broad SMARTS) is 1. The fourth-order valence-electron chi connectivity index (χ4n) is 0.916. The average molecular weight is 307 g/mol. The summed E-state index contributed by atoms with van der Waals surface area (Å²) in [5.74, 6) is -0.394. The van der Waals surface area contributed by atoms with E-state index in [1.807, 2.05) is 0 Å². The predicted molar refractivity (Wildman–Crippen MR) is 60.7 cm³/mol. The molecular formula is C9H10INO3. The first-order valence-corrected chi connectivity index (χ1v) is 5.08. The lowest BCUT2D eigenvalue weighted by atomic mass is 10.2. The molecular weight excluding hydrogens is 297 g/mol. The van der Waals surface area contributed by atoms with Gasteiger partial charge in [0.1, 0.15) is 12.4 Å². The van der Waals surface area contributed by atoms with E-state index < -0.39 is 5.97 Å². The molecule has 0 spiro atoms. The van der Waals surface area contributed by atoms with Crippen LogP contribution >= 0.6 is 22.6 Å². The molecule has 0 radical (unpaired) electrons. The lowest BCUT2D eigenvalue weighted by Crippen LogP contribution is -2.11. The van der Waals surface area contributed by atoms with E-state index in [1.165, 1.54) is 6.07 Å². The van der Waals surface area contributed by atoms with Crippen molar-refractivity contribution in [3.8, 4) is 5.75 Å². The smallest absolute Gasteiger partial charge is 0.335 e. The number of hydrogen-bond donors (Lipinski definition) is 2. The molecule has 0 aromatic heterocycles. The van der Waals surface area contributed by atoms with Gasteiger partial charge in [-0.3, -0.25) is 0 Å². The third-order valence-electron chi connectivity index (χ3n) is 1.55. The summed E-state index contributed by atoms with van der Waals surface area (Å²) >= 11 is 2.08. The van der Waals surface area contributed by atoms with Crippen molar-refractivity contribution in [1.82, 2.24) is 0 Å². The van der Waals surface area contributed by atoms with Crippen LogP contribution in [0.25, 0.3) is 0 Å². The summed E-state index contributed by atoms with van der Waals surface area (Å²) in [5, 5.41) is 8.74. The van der Waals surface area contributed by atoms with E-state index in [2.05, 4.69) is 22.6 Å². The number of nitrogens with two attached hydrogens (primary N) is 1. The van der Waals surface area contributed by atoms with Gasteiger partial charge in [0.25, 0.3) is 0 Å². The lowest BCUT2D eigenvalue weighted by Gasteiger charge is -2.07. The van der Waals surface area contributed by atoms with Crippen LogP contribution in [-0.2, 0) is 0 Å². The first kappa shape index (κ1) is 11.3. The van der Waals surface area contributed by atoms with Gasteiger partial charge in [-0.2, -0.15) is 0 Å². The molecule has 1 aromatic carbocycles. The van der Waals surface area contributed by atoms with E-state index in [0.717, 1.165) is 3.57 Å². The highest BCUT2D eigenvalue weighted by Crippen LogP contribution is 2.22. The van der Waals surface area contributed by atoms with Crippen molar-refractivity contribution in [2.24, 2.45) is 5.73 Å². The summed E-state index contributed by atoms with van der Waals surface area (Å²) in [5.41, 5.74) is 5.50. The van der Waals surface area contributed by atoms with Gasteiger partial charge in [0.15, 0.2) is 0 Å². The molecule has 5 heteroatoms. The maximum Gasteiger partial charge on any atom is 0.335 e. The van der Waals surface area contributed by atoms with E-state index in [4.69, 9.17) is 15.6 Å². The number of benzene rings is 1. The maximum atomic E-state index is 10.7. The molecule has 1 aromatic rings. The lowest BCUT2D eigenvalue weighted by molar-refractivity contribution is 0.0696. The standard InChI is InChI=1S/C9H10INO3/c10-7-2-1-6(9(12)13)5-8(7)14-4-3-11/h1-2,5H,3-4,11H2,(H,12,13). The molecule has 76 valence electrons. The molecule has 1 rings (SSSR count). The van der Waals surface area contributed by atoms with Crippen LogP contribution in [0.5, 0.6) is 5.75 Å². The fraction of sp³-hybridized carbons (Fsp3) is 0.222. The Morgan fingerprint density at radius 3 is 2.86 bits per heavy atom. The molecule has 0 atom stereocenters. The normalized spacial score (nSPS) is 9.86. The predicted octanol–water partition coefficient (Wildman–Crippen LogP) is 1.33. The van der Waals surface area contributed by atoms with E-state index in [0.29, 0.717) is 18.9 Å². The van der Waals surface area contributed by atoms with Crippen molar-refractivity contribution in [3.63, 3.8) is 0 Å². The van der Waals surface area contributed by atoms with Crippen LogP contribution < -0.4 is 10.5 Å². The number of carboxylic acids is 1. The number of halogens is 1. The van der Waals surface area contributed by atoms with Crippen molar-refractivity contribution < 1.29 is 14.6 Å². The van der Waals surface area contributed by atoms with Crippen molar-refractivity contribution in [2.45, 2.75) is 0 Å². The Morgan fingerprint density at radius 1 is 1.57 bits per heavy atom. The summed E-state index contributed by atoms with van der Waals surface area (Å²) in [6.45, 7) is 0.798. The van der Waals surface area contributed by atoms with Gasteiger partial charge in [0, 0.05) is 6.54 Å². The molecule has 0 aliphatic carbocycles. The second-order valence-electron chi connectivity index (χ2n) is 2.59. The highest BCUT2D eigenvalue weighted by atomic mass is 127. The largest absolute Gasteiger partial charge is 0.491 e. The highest BCUT2D eigenvalue weighted by molar-refractivity contribution is 14.1. The van der Waals surface area contributed by atoms with Crippen LogP contribution in [0.1, 0.15) is 10.4 Å². The summed E-state index contributed by atoms with van der Waals surface area (Å²) in [6, 6.07) is 4.75. The first-order valence-electron chi connectivity index (χ1n) is 4.01. The van der Waals surface area contributed by atoms with Crippen molar-refractivity contribution >= 4 is 28.6 Å². The molecule has 4 nitrogen and oxygen atoms in total. The number of aromatic carboxylic acids is 1. The summed E-state index contributed by atoms with van der Waals surface area (Å²) < 4.78 is 6.16. The van der Waals surface area contributed by atoms with Crippen LogP contribution in [0.2, 0.25) is 0 Å². The van der Waals surface area contributed by atoms with Crippen LogP contribution in [0.15, 0.2) is 18.2 Å². The number of hydrogen-bond acceptors (Lipinski definition) is 3. The van der Waals surface area contributed by atoms with Crippen LogP contribution in [0, 0.1) is 3.57 Å². The number of ether oxygens (including phenoxy) is 1. The molecule has 0 amide bonds. The molecule has 3 N–H and O–H groups in total. The minimum absolute atomic E-state index is 0.220. The van der Waals surface area contributed by atoms with Gasteiger partial charge < -0.3 is 15.6 Å². The zero-order valence-electron chi connectivity index (χ0n) is 7.37. The quantitative estimate of drug-likeness (QED) is 0.823. The van der Waals surface area contributed by atoms with Gasteiger partial charge in [-0.15, -0.1) is 0 Å². The van der Waals surface area contributed by atoms with E-state index in [1.54, 1.807) is 12.1 Å². The SMILES string of the molecule is NCCOc1cc(C(=O)O)ccc1I. The number of carbonyl (C=O) groups is 1. The Kier molecular flexibility index (Phi) is 4.15. The molecule has 0 heterocycles. The van der Waals surface area contributed by atoms with Gasteiger partial charge in [0.05, 0.1) is 9.13 Å². The maximum absolute atomic E-state index is 10.7. The van der Waals surface area contributed by atoms with Crippen molar-refractivity contribution in [3.05, 3.63) is 27.3 Å². The molecule has 0 saturated carbocycles. The van der Waals surface area contributed by atoms with E-state index >= 15 is 0 Å². The number of rotatable bonds is 4. The Labute approximate surface area is 95.2 Å². The van der Waals surface area contributed by atoms with Gasteiger partial charge in [-0.05, 0) is 40.8 Å². The zero-order chi connectivity index (χ0) is 10.6. The Balaban J connectivity index is 2.90. The monoisotopic (exact) mass is 307 g/mol. The summed E-state index contributed by atoms with van der Waals surface area (Å²) in [4.78, 5) is 10.7. The fourth-order valence-corrected chi connectivity index (χ4v) is 1.41. The average Bonchev–Trinajstić information content (AvgIpc) is 2.16. The Hall–Kier alpha value is -0.820. The minimum Gasteiger partial charge on any atom is -0.491 e. The third-order valence-corrected chi connectivity index (χ3v) is 2.44. The topological polar surface area (TPSA) is 72.5 Å². The Morgan fingerprint density at radius 2 is 2.29 bits per heavy atom. The summed E-state index contributed by atoms with van der Waals surface area (Å²) in [7, 11) is 0. The third kappa shape index (κ3) is 2.85. The van der Waals surface area contributed by atoms with Crippen molar-refractivity contribution in [2.75, 3.05) is 13.2 Å². The van der Waals surface area contributed by atoms with Crippen molar-refractivity contribution in [1.29, 1.82) is 0 Å². The van der Waals surface area contributed by atoms with Gasteiger partial charge >= 0.3 is 5.97 Å². The van der Waals surface area contributed by atoms with Gasteiger partial charge in [-0.1, -0.05) is 0 Å². The summed E-state index contributed by atoms with van der Waals surface area (Å²) in [6.07, 6.45) is 0. The van der Waals surface area contributed by atoms with Crippen LogP contribution in [0.3, 0.4) is 0 Å². The molecule has 0 saturated heterocycles.